The number of aryl methyl sites for hydroxylation is 1. The van der Waals surface area contributed by atoms with E-state index in [2.05, 4.69) is 55.9 Å². The minimum absolute atomic E-state index is 0.0686. The lowest BCUT2D eigenvalue weighted by Crippen LogP contribution is -2.32. The summed E-state index contributed by atoms with van der Waals surface area (Å²) in [6, 6.07) is 11.8. The first kappa shape index (κ1) is 27.0. The molecule has 34 heavy (non-hydrogen) atoms. The molecule has 3 rings (SSSR count). The Morgan fingerprint density at radius 2 is 1.85 bits per heavy atom. The molecular weight excluding hydrogens is 424 g/mol. The van der Waals surface area contributed by atoms with Crippen molar-refractivity contribution in [2.75, 3.05) is 0 Å². The van der Waals surface area contributed by atoms with E-state index in [0.29, 0.717) is 5.84 Å². The number of nitrogens with two attached hydrogens (primary N) is 2. The normalized spacial score (nSPS) is 12.6. The molecule has 8 nitrogen and oxygen atoms in total. The number of hydrazone groups is 1. The number of hydrazine groups is 1. The van der Waals surface area contributed by atoms with Gasteiger partial charge in [0.1, 0.15) is 5.82 Å². The van der Waals surface area contributed by atoms with Crippen molar-refractivity contribution in [1.29, 1.82) is 0 Å². The van der Waals surface area contributed by atoms with Crippen LogP contribution in [0.4, 0.5) is 0 Å². The molecule has 1 aromatic carbocycles. The van der Waals surface area contributed by atoms with Gasteiger partial charge in [-0.1, -0.05) is 85.2 Å². The molecule has 0 radical (unpaired) electrons. The quantitative estimate of drug-likeness (QED) is 0.202. The Bertz CT molecular complexity index is 1060. The van der Waals surface area contributed by atoms with E-state index in [-0.39, 0.29) is 11.3 Å². The zero-order valence-corrected chi connectivity index (χ0v) is 21.6. The van der Waals surface area contributed by atoms with Crippen molar-refractivity contribution in [2.24, 2.45) is 16.8 Å². The highest BCUT2D eigenvalue weighted by molar-refractivity contribution is 6.03. The number of aromatic nitrogens is 4. The standard InChI is InChI=1S/C24H34N8.C2H6/c1-6-7-14-32-22(28-23(31-32)24(3,4)5)16(2)17-12-13-20(27-15-17)18-10-8-9-11-19(18)21(29-25)30-26;1-2/h8-13,15-16H,6-7,14,25-26H2,1-5H3,(H,29,30);1-2H3. The molecule has 2 aromatic heterocycles. The Morgan fingerprint density at radius 1 is 1.15 bits per heavy atom. The van der Waals surface area contributed by atoms with Gasteiger partial charge in [0.2, 0.25) is 0 Å². The Labute approximate surface area is 203 Å². The summed E-state index contributed by atoms with van der Waals surface area (Å²) in [5.74, 6) is 13.4. The van der Waals surface area contributed by atoms with Crippen LogP contribution in [-0.2, 0) is 12.0 Å². The molecule has 2 heterocycles. The summed E-state index contributed by atoms with van der Waals surface area (Å²) in [6.07, 6.45) is 4.09. The van der Waals surface area contributed by atoms with Gasteiger partial charge in [-0.25, -0.2) is 15.5 Å². The van der Waals surface area contributed by atoms with Crippen LogP contribution in [0, 0.1) is 0 Å². The number of nitrogens with zero attached hydrogens (tertiary/aromatic N) is 5. The maximum absolute atomic E-state index is 5.58. The fraction of sp³-hybridized carbons (Fsp3) is 0.462. The lowest BCUT2D eigenvalue weighted by Gasteiger charge is -2.14. The van der Waals surface area contributed by atoms with E-state index < -0.39 is 0 Å². The molecule has 0 aliphatic rings. The third-order valence-electron chi connectivity index (χ3n) is 5.49. The molecule has 1 atom stereocenters. The molecule has 8 heteroatoms. The molecule has 0 aliphatic carbocycles. The Kier molecular flexibility index (Phi) is 9.74. The number of nitrogens with one attached hydrogen (secondary N) is 1. The molecule has 184 valence electrons. The van der Waals surface area contributed by atoms with Crippen LogP contribution >= 0.6 is 0 Å². The summed E-state index contributed by atoms with van der Waals surface area (Å²) in [6.45, 7) is 15.6. The first-order valence-corrected chi connectivity index (χ1v) is 12.1. The number of unbranched alkanes of at least 4 members (excludes halogenated alkanes) is 1. The van der Waals surface area contributed by atoms with Gasteiger partial charge in [-0.05, 0) is 18.1 Å². The zero-order chi connectivity index (χ0) is 25.3. The van der Waals surface area contributed by atoms with Gasteiger partial charge in [0.15, 0.2) is 11.7 Å². The summed E-state index contributed by atoms with van der Waals surface area (Å²) in [5.41, 5.74) is 6.04. The van der Waals surface area contributed by atoms with Crippen LogP contribution in [0.3, 0.4) is 0 Å². The van der Waals surface area contributed by atoms with E-state index >= 15 is 0 Å². The van der Waals surface area contributed by atoms with E-state index in [1.54, 1.807) is 0 Å². The smallest absolute Gasteiger partial charge is 0.167 e. The maximum Gasteiger partial charge on any atom is 0.167 e. The summed E-state index contributed by atoms with van der Waals surface area (Å²) < 4.78 is 2.06. The van der Waals surface area contributed by atoms with Crippen molar-refractivity contribution in [1.82, 2.24) is 25.2 Å². The van der Waals surface area contributed by atoms with E-state index in [4.69, 9.17) is 26.8 Å². The van der Waals surface area contributed by atoms with E-state index in [1.165, 1.54) is 0 Å². The monoisotopic (exact) mass is 464 g/mol. The van der Waals surface area contributed by atoms with Crippen LogP contribution in [0.25, 0.3) is 11.3 Å². The second-order valence-corrected chi connectivity index (χ2v) is 8.99. The number of pyridine rings is 1. The van der Waals surface area contributed by atoms with Crippen molar-refractivity contribution >= 4 is 5.84 Å². The van der Waals surface area contributed by atoms with Gasteiger partial charge in [-0.3, -0.25) is 4.98 Å². The first-order chi connectivity index (χ1) is 16.3. The minimum Gasteiger partial charge on any atom is -0.321 e. The number of hydrogen-bond donors (Lipinski definition) is 3. The Balaban J connectivity index is 0.00000199. The number of amidine groups is 1. The number of benzene rings is 1. The highest BCUT2D eigenvalue weighted by atomic mass is 15.4. The minimum atomic E-state index is -0.100. The van der Waals surface area contributed by atoms with E-state index in [9.17, 15) is 0 Å². The molecule has 5 N–H and O–H groups in total. The summed E-state index contributed by atoms with van der Waals surface area (Å²) in [7, 11) is 0. The van der Waals surface area contributed by atoms with Gasteiger partial charge in [-0.2, -0.15) is 10.2 Å². The van der Waals surface area contributed by atoms with Gasteiger partial charge in [0.25, 0.3) is 0 Å². The van der Waals surface area contributed by atoms with Crippen LogP contribution in [0.15, 0.2) is 47.7 Å². The van der Waals surface area contributed by atoms with Gasteiger partial charge in [0, 0.05) is 35.2 Å². The lowest BCUT2D eigenvalue weighted by molar-refractivity contribution is 0.505. The topological polar surface area (TPSA) is 120 Å². The summed E-state index contributed by atoms with van der Waals surface area (Å²) >= 11 is 0. The third kappa shape index (κ3) is 6.20. The second-order valence-electron chi connectivity index (χ2n) is 8.99. The van der Waals surface area contributed by atoms with Crippen molar-refractivity contribution < 1.29 is 0 Å². The molecule has 0 amide bonds. The SMILES string of the molecule is CC.CCCCn1nc(C(C)(C)C)nc1C(C)c1ccc(-c2ccccc2/C(=N/N)NN)nc1. The third-order valence-corrected chi connectivity index (χ3v) is 5.49. The number of hydrogen-bond acceptors (Lipinski definition) is 6. The molecule has 0 saturated heterocycles. The summed E-state index contributed by atoms with van der Waals surface area (Å²) in [5, 5.41) is 8.56. The van der Waals surface area contributed by atoms with Crippen LogP contribution in [0.2, 0.25) is 0 Å². The van der Waals surface area contributed by atoms with Crippen molar-refractivity contribution in [3.05, 3.63) is 65.4 Å². The Hall–Kier alpha value is -3.26. The fourth-order valence-corrected chi connectivity index (χ4v) is 3.53. The molecule has 1 unspecified atom stereocenters. The van der Waals surface area contributed by atoms with Gasteiger partial charge in [0.05, 0.1) is 5.69 Å². The Morgan fingerprint density at radius 3 is 2.41 bits per heavy atom. The highest BCUT2D eigenvalue weighted by Gasteiger charge is 2.25. The fourth-order valence-electron chi connectivity index (χ4n) is 3.53. The number of rotatable bonds is 7. The largest absolute Gasteiger partial charge is 0.321 e. The molecule has 0 spiro atoms. The molecule has 0 saturated carbocycles. The average Bonchev–Trinajstić information content (AvgIpc) is 3.30. The first-order valence-electron chi connectivity index (χ1n) is 12.1. The molecular formula is C26H40N8. The zero-order valence-electron chi connectivity index (χ0n) is 21.6. The van der Waals surface area contributed by atoms with E-state index in [0.717, 1.165) is 53.4 Å². The van der Waals surface area contributed by atoms with Crippen LogP contribution in [0.1, 0.15) is 90.0 Å². The second kappa shape index (κ2) is 12.3. The maximum atomic E-state index is 5.58. The van der Waals surface area contributed by atoms with Crippen LogP contribution < -0.4 is 17.1 Å². The van der Waals surface area contributed by atoms with Crippen LogP contribution in [-0.4, -0.2) is 25.6 Å². The average molecular weight is 465 g/mol. The molecule has 0 aliphatic heterocycles. The summed E-state index contributed by atoms with van der Waals surface area (Å²) in [4.78, 5) is 9.66. The van der Waals surface area contributed by atoms with Crippen LogP contribution in [0.5, 0.6) is 0 Å². The van der Waals surface area contributed by atoms with Crippen molar-refractivity contribution in [2.45, 2.75) is 79.2 Å². The van der Waals surface area contributed by atoms with Crippen molar-refractivity contribution in [3.63, 3.8) is 0 Å². The molecule has 3 aromatic rings. The predicted molar refractivity (Wildman–Crippen MR) is 140 cm³/mol. The molecule has 0 fully saturated rings. The van der Waals surface area contributed by atoms with Gasteiger partial charge < -0.3 is 11.3 Å². The highest BCUT2D eigenvalue weighted by Crippen LogP contribution is 2.28. The van der Waals surface area contributed by atoms with Crippen molar-refractivity contribution in [3.8, 4) is 11.3 Å². The lowest BCUT2D eigenvalue weighted by atomic mass is 9.96. The molecule has 0 bridgehead atoms. The van der Waals surface area contributed by atoms with E-state index in [1.807, 2.05) is 50.4 Å². The van der Waals surface area contributed by atoms with Gasteiger partial charge in [-0.15, -0.1) is 0 Å². The van der Waals surface area contributed by atoms with Gasteiger partial charge >= 0.3 is 0 Å². The predicted octanol–water partition coefficient (Wildman–Crippen LogP) is 4.70.